The number of anilines is 1. The monoisotopic (exact) mass is 384 g/mol. The van der Waals surface area contributed by atoms with Crippen molar-refractivity contribution in [3.8, 4) is 11.4 Å². The number of hydrogen-bond acceptors (Lipinski definition) is 7. The minimum atomic E-state index is 0.634. The lowest BCUT2D eigenvalue weighted by Crippen LogP contribution is -2.46. The van der Waals surface area contributed by atoms with Crippen LogP contribution < -0.4 is 4.90 Å². The molecular weight excluding hydrogens is 352 g/mol. The maximum atomic E-state index is 5.50. The molecule has 0 saturated carbocycles. The molecule has 0 aliphatic carbocycles. The number of nitrogens with zero attached hydrogens (tertiary/aromatic N) is 6. The molecule has 0 bridgehead atoms. The van der Waals surface area contributed by atoms with Crippen molar-refractivity contribution in [3.63, 3.8) is 0 Å². The molecule has 0 spiro atoms. The Bertz CT molecular complexity index is 715. The summed E-state index contributed by atoms with van der Waals surface area (Å²) in [4.78, 5) is 16.6. The van der Waals surface area contributed by atoms with Gasteiger partial charge in [-0.15, -0.1) is 0 Å². The molecule has 0 atom stereocenters. The van der Waals surface area contributed by atoms with Gasteiger partial charge in [0.15, 0.2) is 0 Å². The molecule has 7 heteroatoms. The Labute approximate surface area is 167 Å². The molecule has 2 aliphatic heterocycles. The fraction of sp³-hybridized carbons (Fsp3) is 0.667. The van der Waals surface area contributed by atoms with Crippen LogP contribution in [-0.4, -0.2) is 70.7 Å². The van der Waals surface area contributed by atoms with Crippen LogP contribution in [-0.2, 0) is 6.54 Å². The Morgan fingerprint density at radius 2 is 1.68 bits per heavy atom. The van der Waals surface area contributed by atoms with Gasteiger partial charge in [0.2, 0.25) is 11.7 Å². The van der Waals surface area contributed by atoms with Crippen LogP contribution in [0.5, 0.6) is 0 Å². The predicted octanol–water partition coefficient (Wildman–Crippen LogP) is 3.04. The van der Waals surface area contributed by atoms with Crippen LogP contribution in [0.4, 0.5) is 5.82 Å². The third kappa shape index (κ3) is 4.89. The van der Waals surface area contributed by atoms with Crippen molar-refractivity contribution in [1.29, 1.82) is 0 Å². The molecule has 2 aliphatic rings. The molecule has 2 aromatic heterocycles. The van der Waals surface area contributed by atoms with E-state index in [4.69, 9.17) is 4.52 Å². The SMILES string of the molecule is CCCN1CCN(Cc2nc(-c3ccc(N4CCCCCC4)nc3)no2)CC1. The van der Waals surface area contributed by atoms with Crippen molar-refractivity contribution in [3.05, 3.63) is 24.2 Å². The third-order valence-corrected chi connectivity index (χ3v) is 5.77. The van der Waals surface area contributed by atoms with Crippen LogP contribution in [0.15, 0.2) is 22.9 Å². The number of hydrogen-bond donors (Lipinski definition) is 0. The number of pyridine rings is 1. The Morgan fingerprint density at radius 3 is 2.36 bits per heavy atom. The van der Waals surface area contributed by atoms with Gasteiger partial charge in [0.1, 0.15) is 5.82 Å². The second-order valence-electron chi connectivity index (χ2n) is 7.94. The molecule has 0 unspecified atom stereocenters. The van der Waals surface area contributed by atoms with E-state index in [1.807, 2.05) is 6.20 Å². The van der Waals surface area contributed by atoms with Crippen LogP contribution >= 0.6 is 0 Å². The topological polar surface area (TPSA) is 61.5 Å². The second-order valence-corrected chi connectivity index (χ2v) is 7.94. The first-order valence-corrected chi connectivity index (χ1v) is 10.8. The van der Waals surface area contributed by atoms with Crippen molar-refractivity contribution >= 4 is 5.82 Å². The van der Waals surface area contributed by atoms with Gasteiger partial charge in [0.05, 0.1) is 6.54 Å². The minimum absolute atomic E-state index is 0.634. The number of aromatic nitrogens is 3. The van der Waals surface area contributed by atoms with Gasteiger partial charge in [-0.1, -0.05) is 24.9 Å². The standard InChI is InChI=1S/C21H32N6O/c1-2-9-25-12-14-26(15-13-25)17-20-23-21(24-28-20)18-7-8-19(22-16-18)27-10-5-3-4-6-11-27/h7-8,16H,2-6,9-15,17H2,1H3. The lowest BCUT2D eigenvalue weighted by molar-refractivity contribution is 0.117. The minimum Gasteiger partial charge on any atom is -0.357 e. The molecular formula is C21H32N6O. The summed E-state index contributed by atoms with van der Waals surface area (Å²) in [5, 5.41) is 4.18. The highest BCUT2D eigenvalue weighted by atomic mass is 16.5. The van der Waals surface area contributed by atoms with E-state index < -0.39 is 0 Å². The normalized spacial score (nSPS) is 19.7. The lowest BCUT2D eigenvalue weighted by Gasteiger charge is -2.33. The van der Waals surface area contributed by atoms with Gasteiger partial charge >= 0.3 is 0 Å². The maximum Gasteiger partial charge on any atom is 0.241 e. The van der Waals surface area contributed by atoms with Crippen molar-refractivity contribution in [2.75, 3.05) is 50.7 Å². The molecule has 4 heterocycles. The quantitative estimate of drug-likeness (QED) is 0.758. The Balaban J connectivity index is 1.34. The summed E-state index contributed by atoms with van der Waals surface area (Å²) < 4.78 is 5.50. The molecule has 2 fully saturated rings. The molecule has 2 saturated heterocycles. The van der Waals surface area contributed by atoms with Crippen LogP contribution in [0, 0.1) is 0 Å². The highest BCUT2D eigenvalue weighted by Crippen LogP contribution is 2.21. The van der Waals surface area contributed by atoms with Crippen molar-refractivity contribution in [1.82, 2.24) is 24.9 Å². The molecule has 0 aromatic carbocycles. The summed E-state index contributed by atoms with van der Waals surface area (Å²) in [6, 6.07) is 4.15. The molecule has 0 amide bonds. The smallest absolute Gasteiger partial charge is 0.241 e. The molecule has 2 aromatic rings. The van der Waals surface area contributed by atoms with Gasteiger partial charge in [-0.25, -0.2) is 4.98 Å². The van der Waals surface area contributed by atoms with Crippen molar-refractivity contribution in [2.45, 2.75) is 45.6 Å². The fourth-order valence-corrected chi connectivity index (χ4v) is 4.12. The fourth-order valence-electron chi connectivity index (χ4n) is 4.12. The van der Waals surface area contributed by atoms with Crippen molar-refractivity contribution in [2.24, 2.45) is 0 Å². The summed E-state index contributed by atoms with van der Waals surface area (Å²) >= 11 is 0. The molecule has 0 N–H and O–H groups in total. The first kappa shape index (κ1) is 19.3. The van der Waals surface area contributed by atoms with Gasteiger partial charge in [-0.05, 0) is 37.9 Å². The molecule has 28 heavy (non-hydrogen) atoms. The van der Waals surface area contributed by atoms with Crippen LogP contribution in [0.3, 0.4) is 0 Å². The molecule has 152 valence electrons. The van der Waals surface area contributed by atoms with E-state index in [9.17, 15) is 0 Å². The summed E-state index contributed by atoms with van der Waals surface area (Å²) in [7, 11) is 0. The van der Waals surface area contributed by atoms with Gasteiger partial charge in [0.25, 0.3) is 0 Å². The lowest BCUT2D eigenvalue weighted by atomic mass is 10.2. The zero-order chi connectivity index (χ0) is 19.2. The zero-order valence-electron chi connectivity index (χ0n) is 17.0. The largest absolute Gasteiger partial charge is 0.357 e. The first-order chi connectivity index (χ1) is 13.8. The Hall–Kier alpha value is -1.99. The second kappa shape index (κ2) is 9.47. The first-order valence-electron chi connectivity index (χ1n) is 10.8. The molecule has 4 rings (SSSR count). The predicted molar refractivity (Wildman–Crippen MR) is 110 cm³/mol. The zero-order valence-corrected chi connectivity index (χ0v) is 17.0. The summed E-state index contributed by atoms with van der Waals surface area (Å²) in [5.41, 5.74) is 0.918. The van der Waals surface area contributed by atoms with E-state index in [-0.39, 0.29) is 0 Å². The van der Waals surface area contributed by atoms with Gasteiger partial charge in [-0.2, -0.15) is 4.98 Å². The summed E-state index contributed by atoms with van der Waals surface area (Å²) in [6.45, 7) is 10.7. The summed E-state index contributed by atoms with van der Waals surface area (Å²) in [6.07, 6.45) is 8.26. The highest BCUT2D eigenvalue weighted by Gasteiger charge is 2.19. The molecule has 7 nitrogen and oxygen atoms in total. The van der Waals surface area contributed by atoms with Crippen LogP contribution in [0.2, 0.25) is 0 Å². The van der Waals surface area contributed by atoms with E-state index in [0.717, 1.165) is 57.2 Å². The highest BCUT2D eigenvalue weighted by molar-refractivity contribution is 5.55. The van der Waals surface area contributed by atoms with E-state index in [2.05, 4.69) is 48.9 Å². The average molecular weight is 385 g/mol. The van der Waals surface area contributed by atoms with E-state index in [1.54, 1.807) is 0 Å². The third-order valence-electron chi connectivity index (χ3n) is 5.77. The Morgan fingerprint density at radius 1 is 0.929 bits per heavy atom. The number of rotatable bonds is 6. The van der Waals surface area contributed by atoms with Gasteiger partial charge < -0.3 is 14.3 Å². The Kier molecular flexibility index (Phi) is 6.54. The molecule has 0 radical (unpaired) electrons. The van der Waals surface area contributed by atoms with Crippen LogP contribution in [0.25, 0.3) is 11.4 Å². The van der Waals surface area contributed by atoms with E-state index in [1.165, 1.54) is 38.6 Å². The van der Waals surface area contributed by atoms with Crippen LogP contribution in [0.1, 0.15) is 44.9 Å². The van der Waals surface area contributed by atoms with Crippen molar-refractivity contribution < 1.29 is 4.52 Å². The number of piperazine rings is 1. The maximum absolute atomic E-state index is 5.50. The average Bonchev–Trinajstić information content (AvgIpc) is 3.02. The summed E-state index contributed by atoms with van der Waals surface area (Å²) in [5.74, 6) is 2.38. The van der Waals surface area contributed by atoms with E-state index in [0.29, 0.717) is 11.7 Å². The van der Waals surface area contributed by atoms with Gasteiger partial charge in [0, 0.05) is 51.0 Å². The van der Waals surface area contributed by atoms with E-state index >= 15 is 0 Å². The van der Waals surface area contributed by atoms with Gasteiger partial charge in [-0.3, -0.25) is 4.90 Å².